The quantitative estimate of drug-likeness (QED) is 0.367. The van der Waals surface area contributed by atoms with E-state index in [1.165, 1.54) is 33.4 Å². The van der Waals surface area contributed by atoms with E-state index in [-0.39, 0.29) is 10.8 Å². The lowest BCUT2D eigenvalue weighted by Gasteiger charge is -2.44. The zero-order valence-corrected chi connectivity index (χ0v) is 21.2. The normalized spacial score (nSPS) is 18.3. The van der Waals surface area contributed by atoms with Gasteiger partial charge >= 0.3 is 0 Å². The van der Waals surface area contributed by atoms with Gasteiger partial charge in [-0.15, -0.1) is 0 Å². The maximum absolute atomic E-state index is 12.9. The molecule has 0 heterocycles. The van der Waals surface area contributed by atoms with Gasteiger partial charge in [0.2, 0.25) is 5.54 Å². The van der Waals surface area contributed by atoms with Gasteiger partial charge < -0.3 is 10.3 Å². The third kappa shape index (κ3) is 3.07. The molecule has 32 heavy (non-hydrogen) atoms. The van der Waals surface area contributed by atoms with Crippen molar-refractivity contribution in [3.05, 3.63) is 74.3 Å². The summed E-state index contributed by atoms with van der Waals surface area (Å²) >= 11 is 0. The molecule has 2 aromatic rings. The molecule has 0 saturated heterocycles. The van der Waals surface area contributed by atoms with E-state index in [9.17, 15) is 10.1 Å². The largest absolute Gasteiger partial charge is 0.758 e. The SMILES string of the molecule is CC1(C)C2=C(c3ccc(N([O-])C(C)(C)C)cc31)c1ccc([N+](=O)C(C)(C)C)cc1C2(C)C. The minimum Gasteiger partial charge on any atom is -0.758 e. The number of anilines is 1. The number of hydrogen-bond donors (Lipinski definition) is 0. The molecule has 0 bridgehead atoms. The smallest absolute Gasteiger partial charge is 0.256 e. The molecule has 2 aliphatic carbocycles. The molecule has 0 aliphatic heterocycles. The van der Waals surface area contributed by atoms with E-state index in [1.54, 1.807) is 0 Å². The third-order valence-corrected chi connectivity index (χ3v) is 7.08. The van der Waals surface area contributed by atoms with E-state index in [1.807, 2.05) is 53.7 Å². The molecule has 2 aliphatic rings. The molecule has 0 spiro atoms. The number of nitrogens with zero attached hydrogens (tertiary/aromatic N) is 2. The van der Waals surface area contributed by atoms with Crippen molar-refractivity contribution in [3.8, 4) is 0 Å². The van der Waals surface area contributed by atoms with E-state index >= 15 is 0 Å². The van der Waals surface area contributed by atoms with Gasteiger partial charge in [0.05, 0.1) is 0 Å². The maximum atomic E-state index is 12.9. The number of hydroxylamine groups is 1. The summed E-state index contributed by atoms with van der Waals surface area (Å²) in [6.45, 7) is 20.6. The Labute approximate surface area is 192 Å². The lowest BCUT2D eigenvalue weighted by Crippen LogP contribution is -2.37. The molecule has 0 atom stereocenters. The summed E-state index contributed by atoms with van der Waals surface area (Å²) in [5.74, 6) is 0. The van der Waals surface area contributed by atoms with Gasteiger partial charge in [-0.2, -0.15) is 0 Å². The van der Waals surface area contributed by atoms with Crippen LogP contribution in [0.2, 0.25) is 0 Å². The summed E-state index contributed by atoms with van der Waals surface area (Å²) in [7, 11) is 0. The fourth-order valence-electron chi connectivity index (χ4n) is 5.65. The van der Waals surface area contributed by atoms with Gasteiger partial charge in [0.1, 0.15) is 0 Å². The Hall–Kier alpha value is -2.46. The van der Waals surface area contributed by atoms with E-state index in [4.69, 9.17) is 0 Å². The fraction of sp³-hybridized carbons (Fsp3) is 0.500. The first-order chi connectivity index (χ1) is 14.5. The van der Waals surface area contributed by atoms with Crippen molar-refractivity contribution in [2.75, 3.05) is 5.06 Å². The van der Waals surface area contributed by atoms with Crippen molar-refractivity contribution in [2.45, 2.75) is 91.1 Å². The van der Waals surface area contributed by atoms with Crippen LogP contribution in [0.5, 0.6) is 0 Å². The molecule has 4 nitrogen and oxygen atoms in total. The Morgan fingerprint density at radius 2 is 1.31 bits per heavy atom. The van der Waals surface area contributed by atoms with E-state index in [0.717, 1.165) is 9.82 Å². The lowest BCUT2D eigenvalue weighted by molar-refractivity contribution is -0.540. The highest BCUT2D eigenvalue weighted by molar-refractivity contribution is 5.97. The Morgan fingerprint density at radius 1 is 0.812 bits per heavy atom. The molecule has 0 aromatic heterocycles. The van der Waals surface area contributed by atoms with Gasteiger partial charge in [-0.05, 0) is 72.4 Å². The number of fused-ring (bicyclic) bond motifs is 4. The second-order valence-electron chi connectivity index (χ2n) is 12.4. The molecular formula is C28H36N2O2. The molecule has 0 unspecified atom stereocenters. The molecule has 0 radical (unpaired) electrons. The molecule has 0 amide bonds. The van der Waals surface area contributed by atoms with Crippen LogP contribution in [0.15, 0.2) is 42.0 Å². The minimum atomic E-state index is -0.493. The van der Waals surface area contributed by atoms with E-state index in [2.05, 4.69) is 52.0 Å². The van der Waals surface area contributed by atoms with Crippen LogP contribution in [0.4, 0.5) is 11.4 Å². The van der Waals surface area contributed by atoms with Crippen molar-refractivity contribution >= 4 is 16.9 Å². The van der Waals surface area contributed by atoms with Gasteiger partial charge in [-0.25, -0.2) is 0 Å². The predicted octanol–water partition coefficient (Wildman–Crippen LogP) is 7.38. The Bertz CT molecular complexity index is 1170. The zero-order valence-electron chi connectivity index (χ0n) is 21.2. The summed E-state index contributed by atoms with van der Waals surface area (Å²) in [5, 5.41) is 14.0. The van der Waals surface area contributed by atoms with Crippen LogP contribution in [0, 0.1) is 10.1 Å². The number of hydrogen-bond acceptors (Lipinski definition) is 3. The van der Waals surface area contributed by atoms with Crippen LogP contribution in [0.25, 0.3) is 5.57 Å². The molecule has 0 fully saturated rings. The zero-order chi connectivity index (χ0) is 24.0. The van der Waals surface area contributed by atoms with Crippen molar-refractivity contribution in [2.24, 2.45) is 0 Å². The van der Waals surface area contributed by atoms with Gasteiger partial charge in [0.15, 0.2) is 0 Å². The van der Waals surface area contributed by atoms with Crippen molar-refractivity contribution in [1.29, 1.82) is 0 Å². The molecule has 4 heteroatoms. The van der Waals surface area contributed by atoms with Crippen LogP contribution < -0.4 is 5.06 Å². The Balaban J connectivity index is 1.89. The molecule has 4 rings (SSSR count). The van der Waals surface area contributed by atoms with Gasteiger partial charge in [0, 0.05) is 64.6 Å². The standard InChI is InChI=1S/C28H36N2O2/c1-25(2,3)29(31)17-11-13-19-21(15-17)27(7,8)24-23(19)20-14-12-18(30(32)26(4,5)6)16-22(20)28(24,9)10/h11-16H,1-10H3. The average Bonchev–Trinajstić information content (AvgIpc) is 3.06. The summed E-state index contributed by atoms with van der Waals surface area (Å²) < 4.78 is 1.10. The van der Waals surface area contributed by atoms with Crippen LogP contribution >= 0.6 is 0 Å². The Kier molecular flexibility index (Phi) is 4.64. The highest BCUT2D eigenvalue weighted by atomic mass is 16.5. The van der Waals surface area contributed by atoms with Crippen molar-refractivity contribution in [3.63, 3.8) is 0 Å². The number of benzene rings is 2. The first kappa shape index (κ1) is 22.7. The van der Waals surface area contributed by atoms with Crippen LogP contribution in [0.1, 0.15) is 91.5 Å². The second kappa shape index (κ2) is 6.54. The van der Waals surface area contributed by atoms with Crippen molar-refractivity contribution in [1.82, 2.24) is 0 Å². The molecule has 2 aromatic carbocycles. The van der Waals surface area contributed by atoms with E-state index in [0.29, 0.717) is 11.4 Å². The second-order valence-corrected chi connectivity index (χ2v) is 12.4. The Morgan fingerprint density at radius 3 is 1.81 bits per heavy atom. The average molecular weight is 433 g/mol. The minimum absolute atomic E-state index is 0.219. The summed E-state index contributed by atoms with van der Waals surface area (Å²) in [6, 6.07) is 12.3. The lowest BCUT2D eigenvalue weighted by atomic mass is 9.68. The first-order valence-corrected chi connectivity index (χ1v) is 11.5. The molecule has 170 valence electrons. The van der Waals surface area contributed by atoms with Crippen LogP contribution in [-0.4, -0.2) is 15.8 Å². The highest BCUT2D eigenvalue weighted by Gasteiger charge is 2.51. The van der Waals surface area contributed by atoms with Gasteiger partial charge in [-0.3, -0.25) is 0 Å². The fourth-order valence-corrected chi connectivity index (χ4v) is 5.65. The van der Waals surface area contributed by atoms with Crippen LogP contribution in [0.3, 0.4) is 0 Å². The third-order valence-electron chi connectivity index (χ3n) is 7.08. The number of allylic oxidation sites excluding steroid dienone is 1. The summed E-state index contributed by atoms with van der Waals surface area (Å²) in [6.07, 6.45) is 0. The van der Waals surface area contributed by atoms with Crippen molar-refractivity contribution < 1.29 is 4.76 Å². The topological polar surface area (TPSA) is 46.4 Å². The number of rotatable bonds is 2. The van der Waals surface area contributed by atoms with E-state index < -0.39 is 11.1 Å². The summed E-state index contributed by atoms with van der Waals surface area (Å²) in [4.78, 5) is 12.9. The first-order valence-electron chi connectivity index (χ1n) is 11.5. The van der Waals surface area contributed by atoms with Gasteiger partial charge in [-0.1, -0.05) is 33.8 Å². The monoisotopic (exact) mass is 432 g/mol. The summed E-state index contributed by atoms with van der Waals surface area (Å²) in [5.41, 5.74) is 7.41. The van der Waals surface area contributed by atoms with Crippen LogP contribution in [-0.2, 0) is 10.8 Å². The number of nitroso groups, excluding NO2 is 1. The highest BCUT2D eigenvalue weighted by Crippen LogP contribution is 2.61. The molecule has 0 N–H and O–H groups in total. The predicted molar refractivity (Wildman–Crippen MR) is 134 cm³/mol. The molecular weight excluding hydrogens is 396 g/mol. The van der Waals surface area contributed by atoms with Gasteiger partial charge in [0.25, 0.3) is 5.69 Å². The maximum Gasteiger partial charge on any atom is 0.256 e. The molecule has 0 saturated carbocycles.